The first-order valence-corrected chi connectivity index (χ1v) is 14.3. The summed E-state index contributed by atoms with van der Waals surface area (Å²) in [5.41, 5.74) is 0.507. The van der Waals surface area contributed by atoms with E-state index < -0.39 is 8.32 Å². The predicted octanol–water partition coefficient (Wildman–Crippen LogP) is 6.08. The zero-order valence-electron chi connectivity index (χ0n) is 21.1. The standard InChI is InChI=1S/C23H45BO5Si/c1-19(25)26-17-13-11-12-15-20(24-28-22(5,6)23(7,8)29-24)16-14-18-27-30(9,10)21(2,3)4/h15H,11-14,16-18H2,1-10H3/b20-15+. The molecule has 0 bridgehead atoms. The van der Waals surface area contributed by atoms with Crippen molar-refractivity contribution in [3.8, 4) is 0 Å². The highest BCUT2D eigenvalue weighted by Crippen LogP contribution is 2.40. The summed E-state index contributed by atoms with van der Waals surface area (Å²) in [6, 6.07) is 0. The zero-order valence-corrected chi connectivity index (χ0v) is 22.1. The molecule has 0 amide bonds. The van der Waals surface area contributed by atoms with Gasteiger partial charge < -0.3 is 18.5 Å². The SMILES string of the molecule is CC(=O)OCCCC/C=C(\CCCO[Si](C)(C)C(C)(C)C)B1OC(C)(C)C(C)(C)O1. The summed E-state index contributed by atoms with van der Waals surface area (Å²) >= 11 is 0. The van der Waals surface area contributed by atoms with Gasteiger partial charge in [-0.1, -0.05) is 26.8 Å². The van der Waals surface area contributed by atoms with E-state index >= 15 is 0 Å². The second-order valence-electron chi connectivity index (χ2n) is 10.9. The van der Waals surface area contributed by atoms with Gasteiger partial charge >= 0.3 is 13.1 Å². The highest BCUT2D eigenvalue weighted by Gasteiger charge is 2.52. The second kappa shape index (κ2) is 10.8. The lowest BCUT2D eigenvalue weighted by Crippen LogP contribution is -2.41. The molecule has 0 aromatic rings. The lowest BCUT2D eigenvalue weighted by Gasteiger charge is -2.36. The van der Waals surface area contributed by atoms with Gasteiger partial charge in [-0.3, -0.25) is 4.79 Å². The first-order chi connectivity index (χ1) is 13.6. The molecule has 1 saturated heterocycles. The Morgan fingerprint density at radius 2 is 1.57 bits per heavy atom. The normalized spacial score (nSPS) is 19.3. The summed E-state index contributed by atoms with van der Waals surface area (Å²) in [7, 11) is -2.04. The number of unbranched alkanes of at least 4 members (excludes halogenated alkanes) is 2. The summed E-state index contributed by atoms with van der Waals surface area (Å²) in [5.74, 6) is -0.217. The molecule has 174 valence electrons. The van der Waals surface area contributed by atoms with Crippen molar-refractivity contribution in [2.45, 2.75) is 117 Å². The Morgan fingerprint density at radius 1 is 1.00 bits per heavy atom. The van der Waals surface area contributed by atoms with E-state index in [1.807, 2.05) is 0 Å². The molecule has 0 aliphatic carbocycles. The predicted molar refractivity (Wildman–Crippen MR) is 127 cm³/mol. The molecule has 1 rings (SSSR count). The molecule has 5 nitrogen and oxygen atoms in total. The van der Waals surface area contributed by atoms with E-state index in [0.29, 0.717) is 6.61 Å². The van der Waals surface area contributed by atoms with Crippen molar-refractivity contribution in [3.05, 3.63) is 11.5 Å². The van der Waals surface area contributed by atoms with E-state index in [2.05, 4.69) is 67.6 Å². The molecule has 0 atom stereocenters. The van der Waals surface area contributed by atoms with Crippen molar-refractivity contribution in [2.75, 3.05) is 13.2 Å². The Hall–Kier alpha value is -0.628. The van der Waals surface area contributed by atoms with Crippen LogP contribution in [0.1, 0.15) is 87.5 Å². The Morgan fingerprint density at radius 3 is 2.07 bits per heavy atom. The largest absolute Gasteiger partial charge is 0.490 e. The molecular weight excluding hydrogens is 395 g/mol. The third-order valence-corrected chi connectivity index (χ3v) is 11.3. The summed E-state index contributed by atoms with van der Waals surface area (Å²) in [4.78, 5) is 10.9. The topological polar surface area (TPSA) is 54.0 Å². The third kappa shape index (κ3) is 8.14. The number of rotatable bonds is 11. The molecule has 1 aliphatic heterocycles. The molecule has 1 fully saturated rings. The van der Waals surface area contributed by atoms with Crippen LogP contribution in [-0.2, 0) is 23.3 Å². The Balaban J connectivity index is 2.67. The van der Waals surface area contributed by atoms with Crippen LogP contribution in [0.15, 0.2) is 11.5 Å². The van der Waals surface area contributed by atoms with Crippen molar-refractivity contribution in [2.24, 2.45) is 0 Å². The summed E-state index contributed by atoms with van der Waals surface area (Å²) in [6.07, 6.45) is 6.86. The van der Waals surface area contributed by atoms with E-state index in [9.17, 15) is 4.79 Å². The molecule has 0 aromatic carbocycles. The Kier molecular flexibility index (Phi) is 9.86. The van der Waals surface area contributed by atoms with Crippen LogP contribution in [0.3, 0.4) is 0 Å². The third-order valence-electron chi connectivity index (χ3n) is 6.75. The van der Waals surface area contributed by atoms with Crippen molar-refractivity contribution in [1.29, 1.82) is 0 Å². The molecule has 0 aromatic heterocycles. The molecule has 1 heterocycles. The van der Waals surface area contributed by atoms with Gasteiger partial charge in [0.1, 0.15) is 0 Å². The molecular formula is C23H45BO5Si. The summed E-state index contributed by atoms with van der Waals surface area (Å²) < 4.78 is 24.0. The summed E-state index contributed by atoms with van der Waals surface area (Å²) in [6.45, 7) is 22.4. The summed E-state index contributed by atoms with van der Waals surface area (Å²) in [5, 5.41) is 0.222. The van der Waals surface area contributed by atoms with Gasteiger partial charge in [-0.05, 0) is 83.4 Å². The molecule has 0 radical (unpaired) electrons. The molecule has 1 aliphatic rings. The average molecular weight is 441 g/mol. The van der Waals surface area contributed by atoms with E-state index in [1.165, 1.54) is 12.4 Å². The van der Waals surface area contributed by atoms with Crippen LogP contribution in [0, 0.1) is 0 Å². The minimum atomic E-state index is -1.73. The fourth-order valence-electron chi connectivity index (χ4n) is 2.88. The zero-order chi connectivity index (χ0) is 23.2. The van der Waals surface area contributed by atoms with Crippen LogP contribution < -0.4 is 0 Å². The van der Waals surface area contributed by atoms with E-state index in [0.717, 1.165) is 38.7 Å². The van der Waals surface area contributed by atoms with Gasteiger partial charge in [-0.25, -0.2) is 0 Å². The smallest absolute Gasteiger partial charge is 0.466 e. The van der Waals surface area contributed by atoms with Crippen LogP contribution in [0.2, 0.25) is 18.1 Å². The molecule has 0 saturated carbocycles. The van der Waals surface area contributed by atoms with Gasteiger partial charge in [-0.2, -0.15) is 0 Å². The second-order valence-corrected chi connectivity index (χ2v) is 15.7. The number of ether oxygens (including phenoxy) is 1. The fourth-order valence-corrected chi connectivity index (χ4v) is 3.97. The number of carbonyl (C=O) groups excluding carboxylic acids is 1. The Labute approximate surface area is 186 Å². The van der Waals surface area contributed by atoms with Crippen molar-refractivity contribution >= 4 is 21.4 Å². The van der Waals surface area contributed by atoms with Crippen LogP contribution in [0.25, 0.3) is 0 Å². The fraction of sp³-hybridized carbons (Fsp3) is 0.870. The van der Waals surface area contributed by atoms with Crippen LogP contribution in [0.4, 0.5) is 0 Å². The van der Waals surface area contributed by atoms with Crippen LogP contribution in [-0.4, -0.2) is 45.8 Å². The number of allylic oxidation sites excluding steroid dienone is 2. The van der Waals surface area contributed by atoms with Gasteiger partial charge in [0.25, 0.3) is 0 Å². The Bertz CT molecular complexity index is 577. The van der Waals surface area contributed by atoms with Crippen molar-refractivity contribution < 1.29 is 23.3 Å². The average Bonchev–Trinajstić information content (AvgIpc) is 2.78. The highest BCUT2D eigenvalue weighted by atomic mass is 28.4. The van der Waals surface area contributed by atoms with Gasteiger partial charge in [-0.15, -0.1) is 0 Å². The maximum Gasteiger partial charge on any atom is 0.490 e. The van der Waals surface area contributed by atoms with Crippen molar-refractivity contribution in [1.82, 2.24) is 0 Å². The van der Waals surface area contributed by atoms with Gasteiger partial charge in [0.05, 0.1) is 17.8 Å². The number of carbonyl (C=O) groups is 1. The van der Waals surface area contributed by atoms with Crippen molar-refractivity contribution in [3.63, 3.8) is 0 Å². The lowest BCUT2D eigenvalue weighted by molar-refractivity contribution is -0.141. The molecule has 30 heavy (non-hydrogen) atoms. The first-order valence-electron chi connectivity index (χ1n) is 11.4. The first kappa shape index (κ1) is 27.4. The monoisotopic (exact) mass is 440 g/mol. The van der Waals surface area contributed by atoms with Crippen LogP contribution >= 0.6 is 0 Å². The minimum Gasteiger partial charge on any atom is -0.466 e. The van der Waals surface area contributed by atoms with E-state index in [4.69, 9.17) is 18.5 Å². The minimum absolute atomic E-state index is 0.217. The molecule has 0 unspecified atom stereocenters. The van der Waals surface area contributed by atoms with E-state index in [-0.39, 0.29) is 29.3 Å². The number of esters is 1. The number of hydrogen-bond donors (Lipinski definition) is 0. The van der Waals surface area contributed by atoms with Gasteiger partial charge in [0, 0.05) is 13.5 Å². The lowest BCUT2D eigenvalue weighted by atomic mass is 9.75. The van der Waals surface area contributed by atoms with E-state index in [1.54, 1.807) is 0 Å². The maximum absolute atomic E-state index is 10.9. The van der Waals surface area contributed by atoms with Gasteiger partial charge in [0.15, 0.2) is 8.32 Å². The highest BCUT2D eigenvalue weighted by molar-refractivity contribution is 6.74. The van der Waals surface area contributed by atoms with Gasteiger partial charge in [0.2, 0.25) is 0 Å². The molecule has 0 N–H and O–H groups in total. The van der Waals surface area contributed by atoms with Crippen LogP contribution in [0.5, 0.6) is 0 Å². The maximum atomic E-state index is 10.9. The molecule has 0 spiro atoms. The quantitative estimate of drug-likeness (QED) is 0.221. The molecule has 7 heteroatoms. The number of hydrogen-bond acceptors (Lipinski definition) is 5.